The maximum Gasteiger partial charge on any atom is 0.142 e. The van der Waals surface area contributed by atoms with Gasteiger partial charge in [-0.15, -0.1) is 0 Å². The number of hydrogen-bond acceptors (Lipinski definition) is 3. The van der Waals surface area contributed by atoms with Crippen molar-refractivity contribution in [1.82, 2.24) is 0 Å². The first-order chi connectivity index (χ1) is 6.76. The second-order valence-electron chi connectivity index (χ2n) is 3.11. The van der Waals surface area contributed by atoms with Crippen LogP contribution in [-0.4, -0.2) is 19.7 Å². The molecule has 1 unspecified atom stereocenters. The van der Waals surface area contributed by atoms with Gasteiger partial charge in [-0.25, -0.2) is 0 Å². The summed E-state index contributed by atoms with van der Waals surface area (Å²) in [5, 5.41) is 9.36. The van der Waals surface area contributed by atoms with Crippen molar-refractivity contribution in [1.29, 1.82) is 5.26 Å². The van der Waals surface area contributed by atoms with E-state index in [9.17, 15) is 0 Å². The summed E-state index contributed by atoms with van der Waals surface area (Å²) >= 11 is 5.87. The first-order valence-corrected chi connectivity index (χ1v) is 4.64. The van der Waals surface area contributed by atoms with Gasteiger partial charge in [0.25, 0.3) is 0 Å². The molecule has 1 aromatic rings. The van der Waals surface area contributed by atoms with Crippen molar-refractivity contribution in [2.75, 3.05) is 18.6 Å². The van der Waals surface area contributed by atoms with E-state index < -0.39 is 0 Å². The molecule has 0 spiro atoms. The molecule has 0 saturated carbocycles. The predicted octanol–water partition coefficient (Wildman–Crippen LogP) is 2.06. The van der Waals surface area contributed by atoms with Gasteiger partial charge in [0.1, 0.15) is 11.8 Å². The average Bonchev–Trinajstić information content (AvgIpc) is 2.96. The molecule has 1 aromatic carbocycles. The minimum atomic E-state index is -0.0256. The lowest BCUT2D eigenvalue weighted by Crippen LogP contribution is -1.99. The number of nitriles is 1. The number of methoxy groups -OCH3 is 1. The third-order valence-corrected chi connectivity index (χ3v) is 2.45. The highest BCUT2D eigenvalue weighted by molar-refractivity contribution is 6.31. The Morgan fingerprint density at radius 3 is 3.00 bits per heavy atom. The van der Waals surface area contributed by atoms with E-state index in [0.29, 0.717) is 5.02 Å². The van der Waals surface area contributed by atoms with Gasteiger partial charge in [0.15, 0.2) is 0 Å². The minimum absolute atomic E-state index is 0.0256. The van der Waals surface area contributed by atoms with Gasteiger partial charge in [-0.3, -0.25) is 0 Å². The maximum absolute atomic E-state index is 8.71. The van der Waals surface area contributed by atoms with E-state index in [1.165, 1.54) is 0 Å². The fourth-order valence-corrected chi connectivity index (χ4v) is 1.57. The SMILES string of the molecule is COc1ccc(Cl)cc1N1CC1C#N. The zero-order valence-corrected chi connectivity index (χ0v) is 8.45. The molecule has 3 nitrogen and oxygen atoms in total. The van der Waals surface area contributed by atoms with Crippen LogP contribution in [0.5, 0.6) is 5.75 Å². The van der Waals surface area contributed by atoms with E-state index >= 15 is 0 Å². The van der Waals surface area contributed by atoms with Crippen molar-refractivity contribution in [3.05, 3.63) is 23.2 Å². The Balaban J connectivity index is 2.33. The fraction of sp³-hybridized carbons (Fsp3) is 0.300. The van der Waals surface area contributed by atoms with Crippen LogP contribution in [0.2, 0.25) is 5.02 Å². The summed E-state index contributed by atoms with van der Waals surface area (Å²) in [6.07, 6.45) is 0. The molecule has 0 aromatic heterocycles. The molecule has 0 N–H and O–H groups in total. The van der Waals surface area contributed by atoms with Gasteiger partial charge in [-0.1, -0.05) is 11.6 Å². The number of rotatable bonds is 2. The molecule has 1 aliphatic heterocycles. The monoisotopic (exact) mass is 208 g/mol. The first-order valence-electron chi connectivity index (χ1n) is 4.26. The van der Waals surface area contributed by atoms with E-state index in [0.717, 1.165) is 18.0 Å². The van der Waals surface area contributed by atoms with Crippen molar-refractivity contribution in [3.8, 4) is 11.8 Å². The quantitative estimate of drug-likeness (QED) is 0.698. The number of hydrogen-bond donors (Lipinski definition) is 0. The molecule has 1 fully saturated rings. The number of anilines is 1. The van der Waals surface area contributed by atoms with Crippen LogP contribution in [0, 0.1) is 11.3 Å². The largest absolute Gasteiger partial charge is 0.495 e. The molecular weight excluding hydrogens is 200 g/mol. The van der Waals surface area contributed by atoms with Crippen molar-refractivity contribution in [2.24, 2.45) is 0 Å². The van der Waals surface area contributed by atoms with Crippen molar-refractivity contribution in [2.45, 2.75) is 6.04 Å². The molecule has 72 valence electrons. The zero-order valence-electron chi connectivity index (χ0n) is 7.70. The number of halogens is 1. The molecule has 0 amide bonds. The summed E-state index contributed by atoms with van der Waals surface area (Å²) in [5.74, 6) is 0.757. The van der Waals surface area contributed by atoms with Gasteiger partial charge < -0.3 is 9.64 Å². The highest BCUT2D eigenvalue weighted by Gasteiger charge is 2.36. The van der Waals surface area contributed by atoms with Crippen molar-refractivity contribution < 1.29 is 4.74 Å². The van der Waals surface area contributed by atoms with Gasteiger partial charge in [0.2, 0.25) is 0 Å². The third-order valence-electron chi connectivity index (χ3n) is 2.21. The van der Waals surface area contributed by atoms with Gasteiger partial charge in [-0.05, 0) is 18.2 Å². The third kappa shape index (κ3) is 1.49. The topological polar surface area (TPSA) is 36.0 Å². The Hall–Kier alpha value is -1.40. The minimum Gasteiger partial charge on any atom is -0.495 e. The van der Waals surface area contributed by atoms with Gasteiger partial charge in [0, 0.05) is 5.02 Å². The lowest BCUT2D eigenvalue weighted by Gasteiger charge is -2.09. The van der Waals surface area contributed by atoms with E-state index in [-0.39, 0.29) is 6.04 Å². The highest BCUT2D eigenvalue weighted by Crippen LogP contribution is 2.37. The van der Waals surface area contributed by atoms with Crippen LogP contribution in [0.25, 0.3) is 0 Å². The second kappa shape index (κ2) is 3.39. The maximum atomic E-state index is 8.71. The first kappa shape index (κ1) is 9.17. The Kier molecular flexibility index (Phi) is 2.22. The second-order valence-corrected chi connectivity index (χ2v) is 3.55. The number of nitrogens with zero attached hydrogens (tertiary/aromatic N) is 2. The molecule has 1 heterocycles. The summed E-state index contributed by atoms with van der Waals surface area (Å²) < 4.78 is 5.18. The van der Waals surface area contributed by atoms with E-state index in [2.05, 4.69) is 6.07 Å². The number of ether oxygens (including phenoxy) is 1. The molecule has 0 radical (unpaired) electrons. The van der Waals surface area contributed by atoms with E-state index in [1.807, 2.05) is 17.0 Å². The van der Waals surface area contributed by atoms with Crippen LogP contribution < -0.4 is 9.64 Å². The lowest BCUT2D eigenvalue weighted by molar-refractivity contribution is 0.416. The van der Waals surface area contributed by atoms with Crippen LogP contribution >= 0.6 is 11.6 Å². The van der Waals surface area contributed by atoms with Gasteiger partial charge in [0.05, 0.1) is 25.4 Å². The van der Waals surface area contributed by atoms with E-state index in [1.54, 1.807) is 13.2 Å². The highest BCUT2D eigenvalue weighted by atomic mass is 35.5. The van der Waals surface area contributed by atoms with Crippen molar-refractivity contribution >= 4 is 17.3 Å². The summed E-state index contributed by atoms with van der Waals surface area (Å²) in [7, 11) is 1.61. The van der Waals surface area contributed by atoms with Crippen LogP contribution in [-0.2, 0) is 0 Å². The van der Waals surface area contributed by atoms with Crippen LogP contribution in [0.15, 0.2) is 18.2 Å². The normalized spacial score (nSPS) is 18.9. The van der Waals surface area contributed by atoms with E-state index in [4.69, 9.17) is 21.6 Å². The van der Waals surface area contributed by atoms with Crippen LogP contribution in [0.3, 0.4) is 0 Å². The molecular formula is C10H9ClN2O. The Morgan fingerprint density at radius 1 is 1.64 bits per heavy atom. The molecule has 1 saturated heterocycles. The standard InChI is InChI=1S/C10H9ClN2O/c1-14-10-3-2-7(11)4-9(10)13-6-8(13)5-12/h2-4,8H,6H2,1H3. The van der Waals surface area contributed by atoms with Crippen molar-refractivity contribution in [3.63, 3.8) is 0 Å². The summed E-state index contributed by atoms with van der Waals surface area (Å²) in [6, 6.07) is 7.56. The Morgan fingerprint density at radius 2 is 2.43 bits per heavy atom. The fourth-order valence-electron chi connectivity index (χ4n) is 1.40. The van der Waals surface area contributed by atoms with Crippen LogP contribution in [0.4, 0.5) is 5.69 Å². The Labute approximate surface area is 87.5 Å². The predicted molar refractivity (Wildman–Crippen MR) is 54.8 cm³/mol. The van der Waals surface area contributed by atoms with Gasteiger partial charge in [-0.2, -0.15) is 5.26 Å². The zero-order chi connectivity index (χ0) is 10.1. The number of benzene rings is 1. The smallest absolute Gasteiger partial charge is 0.142 e. The van der Waals surface area contributed by atoms with Gasteiger partial charge >= 0.3 is 0 Å². The summed E-state index contributed by atoms with van der Waals surface area (Å²) in [6.45, 7) is 0.757. The molecule has 1 atom stereocenters. The average molecular weight is 209 g/mol. The molecule has 1 aliphatic rings. The molecule has 0 aliphatic carbocycles. The summed E-state index contributed by atoms with van der Waals surface area (Å²) in [4.78, 5) is 1.95. The summed E-state index contributed by atoms with van der Waals surface area (Å²) in [5.41, 5.74) is 0.895. The van der Waals surface area contributed by atoms with Crippen LogP contribution in [0.1, 0.15) is 0 Å². The molecule has 2 rings (SSSR count). The lowest BCUT2D eigenvalue weighted by atomic mass is 10.3. The Bertz CT molecular complexity index is 400. The molecule has 4 heteroatoms. The molecule has 14 heavy (non-hydrogen) atoms. The molecule has 0 bridgehead atoms.